The molecule has 372 valence electrons. The number of hydrogen-bond donors (Lipinski definition) is 2. The molecule has 0 fully saturated rings. The van der Waals surface area contributed by atoms with Gasteiger partial charge < -0.3 is 9.97 Å². The minimum atomic E-state index is 0.729. The molecule has 2 aliphatic heterocycles. The normalized spacial score (nSPS) is 12.2. The van der Waals surface area contributed by atoms with Gasteiger partial charge in [-0.05, 0) is 192 Å². The Hall–Kier alpha value is -5.76. The van der Waals surface area contributed by atoms with Crippen molar-refractivity contribution in [2.75, 3.05) is 0 Å². The van der Waals surface area contributed by atoms with Crippen molar-refractivity contribution in [3.8, 4) is 45.6 Å². The van der Waals surface area contributed by atoms with Crippen LogP contribution in [0.2, 0.25) is 0 Å². The second-order valence-corrected chi connectivity index (χ2v) is 19.7. The Labute approximate surface area is 423 Å². The maximum atomic E-state index is 5.85. The predicted octanol–water partition coefficient (Wildman–Crippen LogP) is 15.6. The van der Waals surface area contributed by atoms with E-state index in [4.69, 9.17) is 29.9 Å². The third-order valence-corrected chi connectivity index (χ3v) is 16.9. The van der Waals surface area contributed by atoms with Crippen molar-refractivity contribution in [1.82, 2.24) is 39.9 Å². The van der Waals surface area contributed by atoms with Gasteiger partial charge >= 0.3 is 0 Å². The molecule has 5 heterocycles. The molecule has 8 nitrogen and oxygen atoms in total. The summed E-state index contributed by atoms with van der Waals surface area (Å²) in [5, 5.41) is 4.62. The van der Waals surface area contributed by atoms with Gasteiger partial charge in [0, 0.05) is 43.8 Å². The molecular weight excluding hydrogens is 869 g/mol. The number of nitrogens with zero attached hydrogens (tertiary/aromatic N) is 6. The van der Waals surface area contributed by atoms with Crippen molar-refractivity contribution in [3.05, 3.63) is 89.0 Å². The largest absolute Gasteiger partial charge is 0.324 e. The van der Waals surface area contributed by atoms with E-state index in [1.807, 2.05) is 0 Å². The second-order valence-electron chi connectivity index (χ2n) is 19.7. The van der Waals surface area contributed by atoms with Crippen LogP contribution < -0.4 is 0 Å². The van der Waals surface area contributed by atoms with Crippen LogP contribution in [0.5, 0.6) is 0 Å². The highest BCUT2D eigenvalue weighted by Crippen LogP contribution is 2.48. The predicted molar refractivity (Wildman–Crippen MR) is 301 cm³/mol. The van der Waals surface area contributed by atoms with Gasteiger partial charge in [-0.2, -0.15) is 0 Å². The average Bonchev–Trinajstić information content (AvgIpc) is 4.14. The Morgan fingerprint density at radius 2 is 0.423 bits per heavy atom. The molecule has 8 bridgehead atoms. The molecule has 2 aliphatic rings. The van der Waals surface area contributed by atoms with Crippen molar-refractivity contribution < 1.29 is 0 Å². The van der Waals surface area contributed by atoms with Crippen LogP contribution in [0.15, 0.2) is 0 Å². The lowest BCUT2D eigenvalue weighted by Crippen LogP contribution is -2.07. The number of aryl methyl sites for hydroxylation is 4. The number of aromatic amines is 2. The van der Waals surface area contributed by atoms with Gasteiger partial charge in [0.25, 0.3) is 0 Å². The van der Waals surface area contributed by atoms with E-state index in [-0.39, 0.29) is 0 Å². The molecule has 0 unspecified atom stereocenters. The summed E-state index contributed by atoms with van der Waals surface area (Å²) in [7, 11) is 0. The van der Waals surface area contributed by atoms with Gasteiger partial charge in [0.1, 0.15) is 22.6 Å². The molecule has 3 aromatic heterocycles. The van der Waals surface area contributed by atoms with Crippen LogP contribution in [-0.4, -0.2) is 39.9 Å². The van der Waals surface area contributed by atoms with E-state index < -0.39 is 0 Å². The summed E-state index contributed by atoms with van der Waals surface area (Å²) in [6.45, 7) is 36.9. The smallest absolute Gasteiger partial charge is 0.165 e. The topological polar surface area (TPSA) is 109 Å². The maximum absolute atomic E-state index is 5.85. The first-order valence-electron chi connectivity index (χ1n) is 28.1. The first-order chi connectivity index (χ1) is 34.5. The minimum Gasteiger partial charge on any atom is -0.324 e. The molecule has 71 heavy (non-hydrogen) atoms. The molecule has 0 atom stereocenters. The number of hydrogen-bond acceptors (Lipinski definition) is 6. The number of nitrogens with one attached hydrogen (secondary N) is 2. The monoisotopic (exact) mass is 949 g/mol. The summed E-state index contributed by atoms with van der Waals surface area (Å²) in [5.74, 6) is 2.93. The van der Waals surface area contributed by atoms with Crippen LogP contribution in [0.3, 0.4) is 0 Å². The highest BCUT2D eigenvalue weighted by Gasteiger charge is 2.33. The van der Waals surface area contributed by atoms with Crippen LogP contribution in [-0.2, 0) is 96.3 Å². The van der Waals surface area contributed by atoms with E-state index in [0.717, 1.165) is 175 Å². The van der Waals surface area contributed by atoms with Crippen LogP contribution in [0.1, 0.15) is 193 Å². The summed E-state index contributed by atoms with van der Waals surface area (Å²) < 4.78 is 0. The van der Waals surface area contributed by atoms with E-state index in [1.165, 1.54) is 99.8 Å². The Morgan fingerprint density at radius 3 is 0.662 bits per heavy atom. The molecule has 4 aromatic carbocycles. The standard InChI is InChI=1S/C63H80N8/c1-17-33-32(16)48-49(41(25-9)34(33)18-2)57-64-56(48)65-58-50-42(26-10)35(19-3)36(20-4)43(27-11)51(50)60(67-58)69-62-54-46(30-14)39(23-7)40(24-8)47(31-15)55(54)63(71-62)70-61-53-45(29-13)38(22-6)37(21-5)44(28-12)52(53)59(66-57)68-61/h17-31H2,1-16H3,(H2,64,65,66,67,68,69,70,71). The summed E-state index contributed by atoms with van der Waals surface area (Å²) in [4.78, 5) is 42.7. The molecule has 2 N–H and O–H groups in total. The van der Waals surface area contributed by atoms with Crippen molar-refractivity contribution in [3.63, 3.8) is 0 Å². The van der Waals surface area contributed by atoms with Gasteiger partial charge in [-0.1, -0.05) is 104 Å². The molecule has 0 spiro atoms. The maximum Gasteiger partial charge on any atom is 0.165 e. The Morgan fingerprint density at radius 1 is 0.225 bits per heavy atom. The third kappa shape index (κ3) is 7.33. The fraction of sp³-hybridized carbons (Fsp3) is 0.492. The Bertz CT molecular complexity index is 3450. The summed E-state index contributed by atoms with van der Waals surface area (Å²) in [6.07, 6.45) is 13.7. The molecule has 0 amide bonds. The van der Waals surface area contributed by atoms with E-state index >= 15 is 0 Å². The van der Waals surface area contributed by atoms with Crippen LogP contribution in [0.25, 0.3) is 89.7 Å². The Balaban J connectivity index is 1.67. The van der Waals surface area contributed by atoms with Crippen molar-refractivity contribution in [1.29, 1.82) is 0 Å². The first kappa shape index (κ1) is 50.2. The zero-order valence-corrected chi connectivity index (χ0v) is 46.3. The number of H-pyrrole nitrogens is 2. The third-order valence-electron chi connectivity index (χ3n) is 16.9. The minimum absolute atomic E-state index is 0.729. The fourth-order valence-corrected chi connectivity index (χ4v) is 14.2. The van der Waals surface area contributed by atoms with Crippen LogP contribution in [0.4, 0.5) is 0 Å². The van der Waals surface area contributed by atoms with E-state index in [2.05, 4.69) is 121 Å². The summed E-state index contributed by atoms with van der Waals surface area (Å²) >= 11 is 0. The lowest BCUT2D eigenvalue weighted by Gasteiger charge is -2.21. The number of benzene rings is 4. The van der Waals surface area contributed by atoms with Crippen molar-refractivity contribution in [2.45, 2.75) is 207 Å². The highest BCUT2D eigenvalue weighted by atomic mass is 15.1. The molecule has 0 aliphatic carbocycles. The van der Waals surface area contributed by atoms with Crippen molar-refractivity contribution >= 4 is 44.1 Å². The molecule has 9 rings (SSSR count). The molecule has 8 heteroatoms. The SMILES string of the molecule is CCc1c(CC)c(CC)c2c(c1CC)-c1nc-2nc2[nH]c(nc3nc(nc4[nH]c(n1)c1c(C)c(CC)c(CC)c(CC)c41)-c1c(CC)c(CC)c(CC)c(CC)c1-3)c1c(CC)c(CC)c(CC)c(CC)c21. The quantitative estimate of drug-likeness (QED) is 0.106. The zero-order chi connectivity index (χ0) is 50.7. The van der Waals surface area contributed by atoms with Gasteiger partial charge in [0.2, 0.25) is 0 Å². The zero-order valence-electron chi connectivity index (χ0n) is 46.3. The van der Waals surface area contributed by atoms with E-state index in [0.29, 0.717) is 0 Å². The lowest BCUT2D eigenvalue weighted by molar-refractivity contribution is 0.948. The second kappa shape index (κ2) is 20.0. The van der Waals surface area contributed by atoms with Crippen LogP contribution >= 0.6 is 0 Å². The molecule has 0 saturated heterocycles. The molecule has 7 aromatic rings. The average molecular weight is 949 g/mol. The fourth-order valence-electron chi connectivity index (χ4n) is 14.2. The molecule has 0 saturated carbocycles. The number of rotatable bonds is 15. The molecule has 0 radical (unpaired) electrons. The van der Waals surface area contributed by atoms with E-state index in [9.17, 15) is 0 Å². The summed E-state index contributed by atoms with van der Waals surface area (Å²) in [6, 6.07) is 0. The Kier molecular flexibility index (Phi) is 14.2. The first-order valence-corrected chi connectivity index (χ1v) is 28.1. The van der Waals surface area contributed by atoms with Gasteiger partial charge in [-0.15, -0.1) is 0 Å². The van der Waals surface area contributed by atoms with Gasteiger partial charge in [0.05, 0.1) is 0 Å². The van der Waals surface area contributed by atoms with Crippen molar-refractivity contribution in [2.24, 2.45) is 0 Å². The summed E-state index contributed by atoms with van der Waals surface area (Å²) in [5.41, 5.74) is 29.9. The van der Waals surface area contributed by atoms with Gasteiger partial charge in [0.15, 0.2) is 23.3 Å². The van der Waals surface area contributed by atoms with Crippen LogP contribution in [0, 0.1) is 6.92 Å². The van der Waals surface area contributed by atoms with Gasteiger partial charge in [-0.3, -0.25) is 0 Å². The lowest BCUT2D eigenvalue weighted by atomic mass is 9.83. The number of fused-ring (bicyclic) bond motifs is 20. The molecular formula is C63H80N8. The number of aromatic nitrogens is 8. The van der Waals surface area contributed by atoms with E-state index in [1.54, 1.807) is 0 Å². The highest BCUT2D eigenvalue weighted by molar-refractivity contribution is 6.11. The van der Waals surface area contributed by atoms with Gasteiger partial charge in [-0.25, -0.2) is 29.9 Å².